The molecule has 2 atom stereocenters. The minimum absolute atomic E-state index is 0.0431. The SMILES string of the molecule is COc1ccc(C2(c3ccc(OCCN(C)C)cc3)CC2(CC2CCCCC2)c2ccc(Cl)cc2)cc1. The average Bonchev–Trinajstić information content (AvgIpc) is 3.60. The standard InChI is InChI=1S/C33H40ClNO2/c1-35(2)21-22-37-31-19-13-28(14-20-31)33(27-11-17-30(36-3)18-12-27)24-32(33,23-25-7-5-4-6-8-25)26-9-15-29(34)16-10-26/h9-20,25H,4-8,21-24H2,1-3H3. The summed E-state index contributed by atoms with van der Waals surface area (Å²) in [6.07, 6.45) is 9.08. The van der Waals surface area contributed by atoms with Crippen LogP contribution < -0.4 is 9.47 Å². The lowest BCUT2D eigenvalue weighted by molar-refractivity contribution is 0.261. The highest BCUT2D eigenvalue weighted by molar-refractivity contribution is 6.30. The monoisotopic (exact) mass is 517 g/mol. The average molecular weight is 518 g/mol. The van der Waals surface area contributed by atoms with Gasteiger partial charge in [-0.2, -0.15) is 0 Å². The van der Waals surface area contributed by atoms with Crippen LogP contribution in [-0.4, -0.2) is 39.3 Å². The first-order valence-corrected chi connectivity index (χ1v) is 14.1. The third-order valence-corrected chi connectivity index (χ3v) is 9.01. The van der Waals surface area contributed by atoms with E-state index in [0.717, 1.165) is 35.4 Å². The number of ether oxygens (including phenoxy) is 2. The largest absolute Gasteiger partial charge is 0.497 e. The topological polar surface area (TPSA) is 21.7 Å². The molecule has 0 spiro atoms. The molecular formula is C33H40ClNO2. The summed E-state index contributed by atoms with van der Waals surface area (Å²) in [7, 11) is 5.87. The molecule has 2 aliphatic carbocycles. The number of methoxy groups -OCH3 is 1. The second-order valence-electron chi connectivity index (χ2n) is 11.3. The van der Waals surface area contributed by atoms with Crippen LogP contribution in [0.5, 0.6) is 11.5 Å². The summed E-state index contributed by atoms with van der Waals surface area (Å²) in [4.78, 5) is 2.14. The van der Waals surface area contributed by atoms with E-state index in [1.165, 1.54) is 55.2 Å². The van der Waals surface area contributed by atoms with Crippen molar-refractivity contribution in [1.82, 2.24) is 4.90 Å². The Morgan fingerprint density at radius 3 is 1.92 bits per heavy atom. The van der Waals surface area contributed by atoms with Gasteiger partial charge in [0.25, 0.3) is 0 Å². The van der Waals surface area contributed by atoms with E-state index in [-0.39, 0.29) is 10.8 Å². The van der Waals surface area contributed by atoms with Crippen LogP contribution >= 0.6 is 11.6 Å². The van der Waals surface area contributed by atoms with Crippen LogP contribution in [0.15, 0.2) is 72.8 Å². The van der Waals surface area contributed by atoms with Gasteiger partial charge in [-0.1, -0.05) is 80.1 Å². The third-order valence-electron chi connectivity index (χ3n) is 8.75. The van der Waals surface area contributed by atoms with Gasteiger partial charge in [0.05, 0.1) is 7.11 Å². The van der Waals surface area contributed by atoms with Crippen molar-refractivity contribution in [2.45, 2.75) is 55.8 Å². The fourth-order valence-electron chi connectivity index (χ4n) is 6.75. The maximum Gasteiger partial charge on any atom is 0.119 e. The highest BCUT2D eigenvalue weighted by Gasteiger charge is 2.69. The molecule has 0 radical (unpaired) electrons. The maximum absolute atomic E-state index is 6.36. The van der Waals surface area contributed by atoms with Crippen molar-refractivity contribution in [3.63, 3.8) is 0 Å². The lowest BCUT2D eigenvalue weighted by atomic mass is 9.71. The van der Waals surface area contributed by atoms with Crippen molar-refractivity contribution >= 4 is 11.6 Å². The number of halogens is 1. The summed E-state index contributed by atoms with van der Waals surface area (Å²) in [6, 6.07) is 26.4. The summed E-state index contributed by atoms with van der Waals surface area (Å²) in [6.45, 7) is 1.59. The Kier molecular flexibility index (Phi) is 7.83. The van der Waals surface area contributed by atoms with Crippen LogP contribution in [0.25, 0.3) is 0 Å². The van der Waals surface area contributed by atoms with Crippen LogP contribution in [0, 0.1) is 5.92 Å². The Hall–Kier alpha value is -2.49. The first-order chi connectivity index (χ1) is 18.0. The maximum atomic E-state index is 6.36. The minimum Gasteiger partial charge on any atom is -0.497 e. The van der Waals surface area contributed by atoms with Gasteiger partial charge >= 0.3 is 0 Å². The molecule has 0 bridgehead atoms. The van der Waals surface area contributed by atoms with E-state index < -0.39 is 0 Å². The molecule has 0 heterocycles. The lowest BCUT2D eigenvalue weighted by Crippen LogP contribution is -2.27. The molecule has 0 aromatic heterocycles. The second-order valence-corrected chi connectivity index (χ2v) is 11.7. The fourth-order valence-corrected chi connectivity index (χ4v) is 6.88. The Bertz CT molecular complexity index is 1150. The zero-order valence-electron chi connectivity index (χ0n) is 22.5. The normalized spacial score (nSPS) is 23.7. The molecule has 37 heavy (non-hydrogen) atoms. The van der Waals surface area contributed by atoms with Crippen LogP contribution in [0.4, 0.5) is 0 Å². The lowest BCUT2D eigenvalue weighted by Gasteiger charge is -2.33. The molecule has 3 aromatic carbocycles. The number of hydrogen-bond donors (Lipinski definition) is 0. The molecule has 0 saturated heterocycles. The second kappa shape index (κ2) is 11.1. The number of nitrogens with zero attached hydrogens (tertiary/aromatic N) is 1. The highest BCUT2D eigenvalue weighted by atomic mass is 35.5. The van der Waals surface area contributed by atoms with Gasteiger partial charge in [0, 0.05) is 22.4 Å². The van der Waals surface area contributed by atoms with Crippen molar-refractivity contribution in [3.05, 3.63) is 94.5 Å². The summed E-state index contributed by atoms with van der Waals surface area (Å²) < 4.78 is 11.6. The van der Waals surface area contributed by atoms with E-state index in [1.807, 2.05) is 0 Å². The molecule has 196 valence electrons. The van der Waals surface area contributed by atoms with Gasteiger partial charge < -0.3 is 14.4 Å². The number of rotatable bonds is 10. The van der Waals surface area contributed by atoms with Gasteiger partial charge in [-0.05, 0) is 85.9 Å². The van der Waals surface area contributed by atoms with Crippen LogP contribution in [-0.2, 0) is 10.8 Å². The van der Waals surface area contributed by atoms with E-state index in [4.69, 9.17) is 21.1 Å². The van der Waals surface area contributed by atoms with E-state index in [2.05, 4.69) is 91.8 Å². The molecule has 4 heteroatoms. The van der Waals surface area contributed by atoms with E-state index in [9.17, 15) is 0 Å². The highest BCUT2D eigenvalue weighted by Crippen LogP contribution is 2.72. The van der Waals surface area contributed by atoms with Gasteiger partial charge in [0.2, 0.25) is 0 Å². The number of likely N-dealkylation sites (N-methyl/N-ethyl adjacent to an activating group) is 1. The smallest absolute Gasteiger partial charge is 0.119 e. The van der Waals surface area contributed by atoms with Crippen LogP contribution in [0.1, 0.15) is 61.6 Å². The van der Waals surface area contributed by atoms with Crippen molar-refractivity contribution in [3.8, 4) is 11.5 Å². The van der Waals surface area contributed by atoms with Crippen molar-refractivity contribution in [1.29, 1.82) is 0 Å². The first-order valence-electron chi connectivity index (χ1n) is 13.8. The molecule has 2 fully saturated rings. The predicted octanol–water partition coefficient (Wildman–Crippen LogP) is 7.89. The van der Waals surface area contributed by atoms with Crippen molar-refractivity contribution in [2.75, 3.05) is 34.4 Å². The molecule has 5 rings (SSSR count). The molecule has 0 N–H and O–H groups in total. The van der Waals surface area contributed by atoms with Gasteiger partial charge in [-0.3, -0.25) is 0 Å². The van der Waals surface area contributed by atoms with Crippen LogP contribution in [0.3, 0.4) is 0 Å². The Morgan fingerprint density at radius 2 is 1.35 bits per heavy atom. The summed E-state index contributed by atoms with van der Waals surface area (Å²) in [5, 5.41) is 0.798. The Labute approximate surface area is 227 Å². The first kappa shape index (κ1) is 26.1. The molecule has 2 aliphatic rings. The molecule has 3 aromatic rings. The predicted molar refractivity (Wildman–Crippen MR) is 153 cm³/mol. The zero-order chi connectivity index (χ0) is 25.9. The molecule has 0 aliphatic heterocycles. The molecule has 2 saturated carbocycles. The Morgan fingerprint density at radius 1 is 0.784 bits per heavy atom. The van der Waals surface area contributed by atoms with Gasteiger partial charge in [-0.15, -0.1) is 0 Å². The molecule has 0 amide bonds. The van der Waals surface area contributed by atoms with Crippen molar-refractivity contribution < 1.29 is 9.47 Å². The van der Waals surface area contributed by atoms with E-state index in [0.29, 0.717) is 6.61 Å². The minimum atomic E-state index is -0.0906. The van der Waals surface area contributed by atoms with E-state index >= 15 is 0 Å². The van der Waals surface area contributed by atoms with Gasteiger partial charge in [0.15, 0.2) is 0 Å². The summed E-state index contributed by atoms with van der Waals surface area (Å²) >= 11 is 6.36. The summed E-state index contributed by atoms with van der Waals surface area (Å²) in [5.74, 6) is 2.59. The Balaban J connectivity index is 1.56. The third kappa shape index (κ3) is 5.26. The fraction of sp³-hybridized carbons (Fsp3) is 0.455. The van der Waals surface area contributed by atoms with Crippen LogP contribution in [0.2, 0.25) is 5.02 Å². The van der Waals surface area contributed by atoms with Gasteiger partial charge in [-0.25, -0.2) is 0 Å². The summed E-state index contributed by atoms with van der Waals surface area (Å²) in [5.41, 5.74) is 4.09. The van der Waals surface area contributed by atoms with Crippen molar-refractivity contribution in [2.24, 2.45) is 5.92 Å². The molecular weight excluding hydrogens is 478 g/mol. The molecule has 2 unspecified atom stereocenters. The number of hydrogen-bond acceptors (Lipinski definition) is 3. The zero-order valence-corrected chi connectivity index (χ0v) is 23.3. The van der Waals surface area contributed by atoms with E-state index in [1.54, 1.807) is 7.11 Å². The molecule has 3 nitrogen and oxygen atoms in total. The quantitative estimate of drug-likeness (QED) is 0.273. The van der Waals surface area contributed by atoms with Gasteiger partial charge in [0.1, 0.15) is 18.1 Å². The number of benzene rings is 3.